The van der Waals surface area contributed by atoms with Crippen LogP contribution in [-0.4, -0.2) is 37.5 Å². The van der Waals surface area contributed by atoms with Crippen molar-refractivity contribution >= 4 is 50.7 Å². The zero-order valence-electron chi connectivity index (χ0n) is 15.0. The molecule has 1 unspecified atom stereocenters. The van der Waals surface area contributed by atoms with Gasteiger partial charge in [0.25, 0.3) is 15.9 Å². The first-order valence-electron chi connectivity index (χ1n) is 7.85. The third-order valence-electron chi connectivity index (χ3n) is 3.84. The number of carbonyl (C=O) groups excluding carboxylic acids is 1. The number of benzene rings is 2. The summed E-state index contributed by atoms with van der Waals surface area (Å²) in [5.74, 6) is -1.76. The fraction of sp³-hybridized carbons (Fsp3) is 0.235. The summed E-state index contributed by atoms with van der Waals surface area (Å²) < 4.78 is 65.5. The molecule has 0 fully saturated rings. The fourth-order valence-electron chi connectivity index (χ4n) is 2.01. The molecule has 1 amide bonds. The number of aliphatic hydroxyl groups is 1. The molecular weight excluding hydrogens is 453 g/mol. The number of rotatable bonds is 6. The first-order valence-corrected chi connectivity index (χ1v) is 10.9. The average Bonchev–Trinajstić information content (AvgIpc) is 2.62. The maximum atomic E-state index is 12.7. The van der Waals surface area contributed by atoms with Gasteiger partial charge in [-0.15, -0.1) is 11.8 Å². The summed E-state index contributed by atoms with van der Waals surface area (Å²) in [5.41, 5.74) is -3.63. The molecule has 0 aliphatic rings. The van der Waals surface area contributed by atoms with Gasteiger partial charge in [-0.3, -0.25) is 9.52 Å². The van der Waals surface area contributed by atoms with Crippen LogP contribution in [0.3, 0.4) is 0 Å². The predicted octanol–water partition coefficient (Wildman–Crippen LogP) is 4.11. The lowest BCUT2D eigenvalue weighted by Crippen LogP contribution is -2.52. The predicted molar refractivity (Wildman–Crippen MR) is 106 cm³/mol. The molecule has 0 saturated carbocycles. The lowest BCUT2D eigenvalue weighted by atomic mass is 10.1. The van der Waals surface area contributed by atoms with Gasteiger partial charge in [0.1, 0.15) is 0 Å². The Labute approximate surface area is 174 Å². The Bertz CT molecular complexity index is 1010. The number of halogens is 4. The second-order valence-corrected chi connectivity index (χ2v) is 8.97. The van der Waals surface area contributed by atoms with Crippen molar-refractivity contribution in [3.63, 3.8) is 0 Å². The van der Waals surface area contributed by atoms with E-state index < -0.39 is 27.7 Å². The zero-order valence-corrected chi connectivity index (χ0v) is 17.4. The summed E-state index contributed by atoms with van der Waals surface area (Å²) in [4.78, 5) is 12.4. The van der Waals surface area contributed by atoms with Crippen LogP contribution in [-0.2, 0) is 14.8 Å². The minimum absolute atomic E-state index is 0.267. The van der Waals surface area contributed by atoms with Gasteiger partial charge < -0.3 is 10.4 Å². The number of thioether (sulfide) groups is 1. The largest absolute Gasteiger partial charge is 0.426 e. The van der Waals surface area contributed by atoms with Gasteiger partial charge in [-0.05, 0) is 55.6 Å². The number of hydrogen-bond acceptors (Lipinski definition) is 5. The lowest BCUT2D eigenvalue weighted by Gasteiger charge is -2.25. The number of nitrogens with one attached hydrogen (secondary N) is 2. The van der Waals surface area contributed by atoms with Crippen molar-refractivity contribution in [1.82, 2.24) is 0 Å². The molecule has 29 heavy (non-hydrogen) atoms. The van der Waals surface area contributed by atoms with Gasteiger partial charge in [-0.2, -0.15) is 13.2 Å². The molecule has 6 nitrogen and oxygen atoms in total. The number of anilines is 2. The molecule has 0 aliphatic carbocycles. The van der Waals surface area contributed by atoms with Crippen LogP contribution in [0.5, 0.6) is 0 Å². The maximum absolute atomic E-state index is 12.7. The quantitative estimate of drug-likeness (QED) is 0.554. The van der Waals surface area contributed by atoms with E-state index in [1.54, 1.807) is 24.3 Å². The molecule has 0 heterocycles. The average molecular weight is 469 g/mol. The van der Waals surface area contributed by atoms with Crippen LogP contribution in [0.1, 0.15) is 6.92 Å². The van der Waals surface area contributed by atoms with Gasteiger partial charge in [0.2, 0.25) is 5.60 Å². The highest BCUT2D eigenvalue weighted by atomic mass is 35.5. The molecule has 0 aliphatic heterocycles. The highest BCUT2D eigenvalue weighted by Gasteiger charge is 2.55. The highest BCUT2D eigenvalue weighted by molar-refractivity contribution is 7.98. The van der Waals surface area contributed by atoms with Gasteiger partial charge in [0.05, 0.1) is 15.6 Å². The van der Waals surface area contributed by atoms with E-state index in [0.29, 0.717) is 12.6 Å². The van der Waals surface area contributed by atoms with Gasteiger partial charge >= 0.3 is 6.18 Å². The van der Waals surface area contributed by atoms with Crippen molar-refractivity contribution in [2.24, 2.45) is 0 Å². The SMILES string of the molecule is CSc1ccc(NS(=O)(=O)c2ccc(NC(=O)C(C)(O)C(F)(F)F)c(Cl)c2)cc1. The Balaban J connectivity index is 2.22. The minimum Gasteiger partial charge on any atom is -0.373 e. The Morgan fingerprint density at radius 2 is 1.72 bits per heavy atom. The van der Waals surface area contributed by atoms with Crippen molar-refractivity contribution in [1.29, 1.82) is 0 Å². The van der Waals surface area contributed by atoms with E-state index in [-0.39, 0.29) is 15.6 Å². The van der Waals surface area contributed by atoms with Crippen LogP contribution in [0.15, 0.2) is 52.3 Å². The molecule has 0 spiro atoms. The Morgan fingerprint density at radius 3 is 2.21 bits per heavy atom. The number of alkyl halides is 3. The van der Waals surface area contributed by atoms with E-state index in [4.69, 9.17) is 11.6 Å². The normalized spacial score (nSPS) is 14.2. The van der Waals surface area contributed by atoms with E-state index in [1.807, 2.05) is 11.6 Å². The molecule has 2 aromatic rings. The minimum atomic E-state index is -5.21. The molecule has 158 valence electrons. The van der Waals surface area contributed by atoms with Crippen LogP contribution in [0.2, 0.25) is 5.02 Å². The van der Waals surface area contributed by atoms with Crippen LogP contribution in [0.4, 0.5) is 24.5 Å². The number of carbonyl (C=O) groups is 1. The summed E-state index contributed by atoms with van der Waals surface area (Å²) in [6.45, 7) is 0.293. The third-order valence-corrected chi connectivity index (χ3v) is 6.27. The summed E-state index contributed by atoms with van der Waals surface area (Å²) in [6.07, 6.45) is -3.34. The number of sulfonamides is 1. The van der Waals surface area contributed by atoms with E-state index in [2.05, 4.69) is 4.72 Å². The molecule has 0 bridgehead atoms. The van der Waals surface area contributed by atoms with Crippen molar-refractivity contribution in [2.75, 3.05) is 16.3 Å². The Morgan fingerprint density at radius 1 is 1.14 bits per heavy atom. The van der Waals surface area contributed by atoms with Gasteiger partial charge in [0, 0.05) is 10.6 Å². The van der Waals surface area contributed by atoms with Gasteiger partial charge in [-0.1, -0.05) is 11.6 Å². The second kappa shape index (κ2) is 8.42. The summed E-state index contributed by atoms with van der Waals surface area (Å²) in [6, 6.07) is 9.64. The van der Waals surface area contributed by atoms with E-state index in [1.165, 1.54) is 11.8 Å². The monoisotopic (exact) mass is 468 g/mol. The Kier molecular flexibility index (Phi) is 6.78. The van der Waals surface area contributed by atoms with Crippen LogP contribution < -0.4 is 10.0 Å². The van der Waals surface area contributed by atoms with Crippen molar-refractivity contribution < 1.29 is 31.5 Å². The molecule has 2 rings (SSSR count). The summed E-state index contributed by atoms with van der Waals surface area (Å²) >= 11 is 7.40. The van der Waals surface area contributed by atoms with Gasteiger partial charge in [0.15, 0.2) is 0 Å². The molecule has 2 aromatic carbocycles. The van der Waals surface area contributed by atoms with Crippen molar-refractivity contribution in [2.45, 2.75) is 28.5 Å². The highest BCUT2D eigenvalue weighted by Crippen LogP contribution is 2.33. The summed E-state index contributed by atoms with van der Waals surface area (Å²) in [7, 11) is -4.04. The number of hydrogen-bond donors (Lipinski definition) is 3. The molecule has 12 heteroatoms. The zero-order chi connectivity index (χ0) is 22.0. The van der Waals surface area contributed by atoms with Gasteiger partial charge in [-0.25, -0.2) is 8.42 Å². The molecular formula is C17H16ClF3N2O4S2. The molecule has 1 atom stereocenters. The summed E-state index contributed by atoms with van der Waals surface area (Å²) in [5, 5.41) is 10.9. The molecule has 0 radical (unpaired) electrons. The van der Waals surface area contributed by atoms with Crippen molar-refractivity contribution in [3.8, 4) is 0 Å². The van der Waals surface area contributed by atoms with E-state index >= 15 is 0 Å². The third kappa shape index (κ3) is 5.35. The fourth-order valence-corrected chi connectivity index (χ4v) is 3.80. The van der Waals surface area contributed by atoms with E-state index in [0.717, 1.165) is 23.1 Å². The lowest BCUT2D eigenvalue weighted by molar-refractivity contribution is -0.242. The maximum Gasteiger partial charge on any atom is 0.426 e. The van der Waals surface area contributed by atoms with Crippen LogP contribution in [0.25, 0.3) is 0 Å². The first kappa shape index (κ1) is 23.3. The second-order valence-electron chi connectivity index (χ2n) is 6.00. The standard InChI is InChI=1S/C17H16ClF3N2O4S2/c1-16(25,17(19,20)21)15(24)22-14-8-7-12(9-13(14)18)29(26,27)23-10-3-5-11(28-2)6-4-10/h3-9,23,25H,1-2H3,(H,22,24). The molecule has 0 saturated heterocycles. The first-order chi connectivity index (χ1) is 13.3. The van der Waals surface area contributed by atoms with Crippen LogP contribution >= 0.6 is 23.4 Å². The van der Waals surface area contributed by atoms with Crippen molar-refractivity contribution in [3.05, 3.63) is 47.5 Å². The molecule has 3 N–H and O–H groups in total. The topological polar surface area (TPSA) is 95.5 Å². The smallest absolute Gasteiger partial charge is 0.373 e. The Hall–Kier alpha value is -1.95. The van der Waals surface area contributed by atoms with E-state index in [9.17, 15) is 31.5 Å². The molecule has 0 aromatic heterocycles. The van der Waals surface area contributed by atoms with Crippen LogP contribution in [0, 0.1) is 0 Å². The number of amides is 1.